The van der Waals surface area contributed by atoms with Gasteiger partial charge in [-0.1, -0.05) is 24.6 Å². The molecule has 0 rings (SSSR count). The Kier molecular flexibility index (Phi) is 4.55. The predicted molar refractivity (Wildman–Crippen MR) is 43.9 cm³/mol. The topological polar surface area (TPSA) is 17.1 Å². The van der Waals surface area contributed by atoms with Gasteiger partial charge < -0.3 is 0 Å². The van der Waals surface area contributed by atoms with Gasteiger partial charge in [0.05, 0.1) is 0 Å². The average molecular weight is 138 g/mol. The van der Waals surface area contributed by atoms with Crippen molar-refractivity contribution in [1.82, 2.24) is 0 Å². The SMILES string of the molecule is CC=C(/C=C\C(C)=O)CC. The third-order valence-electron chi connectivity index (χ3n) is 1.31. The molecule has 0 saturated heterocycles. The molecule has 0 N–H and O–H groups in total. The molecule has 0 unspecified atom stereocenters. The average Bonchev–Trinajstić information content (AvgIpc) is 1.90. The molecule has 0 aromatic carbocycles. The van der Waals surface area contributed by atoms with E-state index in [1.54, 1.807) is 13.0 Å². The van der Waals surface area contributed by atoms with E-state index in [0.717, 1.165) is 6.42 Å². The fourth-order valence-electron chi connectivity index (χ4n) is 0.643. The van der Waals surface area contributed by atoms with Crippen LogP contribution in [0, 0.1) is 0 Å². The van der Waals surface area contributed by atoms with E-state index >= 15 is 0 Å². The summed E-state index contributed by atoms with van der Waals surface area (Å²) in [4.78, 5) is 10.5. The first-order valence-corrected chi connectivity index (χ1v) is 3.54. The monoisotopic (exact) mass is 138 g/mol. The van der Waals surface area contributed by atoms with Gasteiger partial charge >= 0.3 is 0 Å². The largest absolute Gasteiger partial charge is 0.295 e. The van der Waals surface area contributed by atoms with Crippen LogP contribution in [0.2, 0.25) is 0 Å². The van der Waals surface area contributed by atoms with E-state index < -0.39 is 0 Å². The van der Waals surface area contributed by atoms with Crippen molar-refractivity contribution in [2.45, 2.75) is 27.2 Å². The predicted octanol–water partition coefficient (Wildman–Crippen LogP) is 2.49. The molecular weight excluding hydrogens is 124 g/mol. The van der Waals surface area contributed by atoms with Crippen LogP contribution in [-0.4, -0.2) is 5.78 Å². The van der Waals surface area contributed by atoms with E-state index in [4.69, 9.17) is 0 Å². The van der Waals surface area contributed by atoms with Gasteiger partial charge in [-0.15, -0.1) is 0 Å². The Bertz CT molecular complexity index is 164. The Balaban J connectivity index is 3.98. The molecule has 0 heterocycles. The third-order valence-corrected chi connectivity index (χ3v) is 1.31. The highest BCUT2D eigenvalue weighted by atomic mass is 16.1. The molecule has 0 fully saturated rings. The Morgan fingerprint density at radius 2 is 2.00 bits per heavy atom. The number of rotatable bonds is 3. The van der Waals surface area contributed by atoms with Crippen LogP contribution in [0.3, 0.4) is 0 Å². The number of hydrogen-bond acceptors (Lipinski definition) is 1. The summed E-state index contributed by atoms with van der Waals surface area (Å²) < 4.78 is 0. The lowest BCUT2D eigenvalue weighted by molar-refractivity contribution is -0.112. The highest BCUT2D eigenvalue weighted by Crippen LogP contribution is 2.00. The van der Waals surface area contributed by atoms with Gasteiger partial charge in [-0.05, 0) is 26.3 Å². The molecule has 10 heavy (non-hydrogen) atoms. The molecule has 0 saturated carbocycles. The highest BCUT2D eigenvalue weighted by Gasteiger charge is 1.85. The van der Waals surface area contributed by atoms with Crippen molar-refractivity contribution in [3.8, 4) is 0 Å². The quantitative estimate of drug-likeness (QED) is 0.432. The number of hydrogen-bond donors (Lipinski definition) is 0. The molecule has 0 spiro atoms. The van der Waals surface area contributed by atoms with Crippen molar-refractivity contribution < 1.29 is 4.79 Å². The molecule has 0 aromatic rings. The highest BCUT2D eigenvalue weighted by molar-refractivity contribution is 5.87. The molecular formula is C9H14O. The number of carbonyl (C=O) groups is 1. The molecule has 0 aliphatic heterocycles. The summed E-state index contributed by atoms with van der Waals surface area (Å²) in [5, 5.41) is 0. The Labute approximate surface area is 62.4 Å². The van der Waals surface area contributed by atoms with Gasteiger partial charge in [0.1, 0.15) is 0 Å². The first kappa shape index (κ1) is 9.15. The molecule has 0 bridgehead atoms. The van der Waals surface area contributed by atoms with E-state index in [1.807, 2.05) is 19.1 Å². The second-order valence-corrected chi connectivity index (χ2v) is 2.16. The second kappa shape index (κ2) is 4.98. The number of allylic oxidation sites excluding steroid dienone is 4. The van der Waals surface area contributed by atoms with Gasteiger partial charge in [-0.3, -0.25) is 4.79 Å². The van der Waals surface area contributed by atoms with E-state index in [-0.39, 0.29) is 5.78 Å². The van der Waals surface area contributed by atoms with E-state index in [9.17, 15) is 4.79 Å². The number of carbonyl (C=O) groups excluding carboxylic acids is 1. The fraction of sp³-hybridized carbons (Fsp3) is 0.444. The molecule has 56 valence electrons. The van der Waals surface area contributed by atoms with Gasteiger partial charge in [0.15, 0.2) is 5.78 Å². The van der Waals surface area contributed by atoms with Crippen molar-refractivity contribution >= 4 is 5.78 Å². The molecule has 0 aliphatic carbocycles. The van der Waals surface area contributed by atoms with E-state index in [2.05, 4.69) is 6.92 Å². The van der Waals surface area contributed by atoms with Crippen LogP contribution in [0.5, 0.6) is 0 Å². The normalized spacial score (nSPS) is 12.5. The second-order valence-electron chi connectivity index (χ2n) is 2.16. The molecule has 0 radical (unpaired) electrons. The van der Waals surface area contributed by atoms with E-state index in [1.165, 1.54) is 5.57 Å². The van der Waals surface area contributed by atoms with Crippen LogP contribution in [0.15, 0.2) is 23.8 Å². The van der Waals surface area contributed by atoms with Crippen molar-refractivity contribution in [3.63, 3.8) is 0 Å². The lowest BCUT2D eigenvalue weighted by atomic mass is 10.2. The van der Waals surface area contributed by atoms with Gasteiger partial charge in [0.2, 0.25) is 0 Å². The van der Waals surface area contributed by atoms with Crippen LogP contribution in [0.4, 0.5) is 0 Å². The standard InChI is InChI=1S/C9H14O/c1-4-9(5-2)7-6-8(3)10/h4,6-7H,5H2,1-3H3/b7-6-,9-4?. The smallest absolute Gasteiger partial charge is 0.152 e. The Hall–Kier alpha value is -0.850. The first-order valence-electron chi connectivity index (χ1n) is 3.54. The molecule has 1 heteroatoms. The van der Waals surface area contributed by atoms with Crippen molar-refractivity contribution in [3.05, 3.63) is 23.8 Å². The molecule has 0 aliphatic rings. The number of ketones is 1. The van der Waals surface area contributed by atoms with Crippen molar-refractivity contribution in [2.75, 3.05) is 0 Å². The zero-order valence-corrected chi connectivity index (χ0v) is 6.85. The van der Waals surface area contributed by atoms with Crippen molar-refractivity contribution in [1.29, 1.82) is 0 Å². The summed E-state index contributed by atoms with van der Waals surface area (Å²) in [6, 6.07) is 0. The summed E-state index contributed by atoms with van der Waals surface area (Å²) in [6.07, 6.45) is 6.46. The van der Waals surface area contributed by atoms with Crippen LogP contribution in [-0.2, 0) is 4.79 Å². The minimum atomic E-state index is 0.104. The van der Waals surface area contributed by atoms with Gasteiger partial charge in [0.25, 0.3) is 0 Å². The Morgan fingerprint density at radius 1 is 1.40 bits per heavy atom. The van der Waals surface area contributed by atoms with Crippen LogP contribution < -0.4 is 0 Å². The molecule has 0 atom stereocenters. The summed E-state index contributed by atoms with van der Waals surface area (Å²) >= 11 is 0. The maximum Gasteiger partial charge on any atom is 0.152 e. The van der Waals surface area contributed by atoms with Gasteiger partial charge in [-0.25, -0.2) is 0 Å². The maximum absolute atomic E-state index is 10.5. The zero-order chi connectivity index (χ0) is 7.98. The zero-order valence-electron chi connectivity index (χ0n) is 6.85. The van der Waals surface area contributed by atoms with Gasteiger partial charge in [-0.2, -0.15) is 0 Å². The van der Waals surface area contributed by atoms with Crippen molar-refractivity contribution in [2.24, 2.45) is 0 Å². The minimum absolute atomic E-state index is 0.104. The minimum Gasteiger partial charge on any atom is -0.295 e. The van der Waals surface area contributed by atoms with Crippen LogP contribution in [0.1, 0.15) is 27.2 Å². The summed E-state index contributed by atoms with van der Waals surface area (Å²) in [7, 11) is 0. The maximum atomic E-state index is 10.5. The fourth-order valence-corrected chi connectivity index (χ4v) is 0.643. The molecule has 1 nitrogen and oxygen atoms in total. The lowest BCUT2D eigenvalue weighted by Crippen LogP contribution is -1.81. The Morgan fingerprint density at radius 3 is 2.30 bits per heavy atom. The first-order chi connectivity index (χ1) is 4.70. The van der Waals surface area contributed by atoms with E-state index in [0.29, 0.717) is 0 Å². The summed E-state index contributed by atoms with van der Waals surface area (Å²) in [5.74, 6) is 0.104. The summed E-state index contributed by atoms with van der Waals surface area (Å²) in [5.41, 5.74) is 1.20. The molecule has 0 amide bonds. The summed E-state index contributed by atoms with van der Waals surface area (Å²) in [6.45, 7) is 5.60. The molecule has 0 aromatic heterocycles. The third kappa shape index (κ3) is 4.07. The van der Waals surface area contributed by atoms with Crippen LogP contribution >= 0.6 is 0 Å². The van der Waals surface area contributed by atoms with Crippen LogP contribution in [0.25, 0.3) is 0 Å². The lowest BCUT2D eigenvalue weighted by Gasteiger charge is -1.91. The van der Waals surface area contributed by atoms with Gasteiger partial charge in [0, 0.05) is 0 Å².